The van der Waals surface area contributed by atoms with Gasteiger partial charge in [-0.25, -0.2) is 0 Å². The van der Waals surface area contributed by atoms with E-state index in [0.29, 0.717) is 5.92 Å². The Morgan fingerprint density at radius 1 is 1.38 bits per heavy atom. The van der Waals surface area contributed by atoms with Gasteiger partial charge in [0.05, 0.1) is 0 Å². The molecule has 0 saturated heterocycles. The molecule has 1 rings (SSSR count). The lowest BCUT2D eigenvalue weighted by Crippen LogP contribution is -2.27. The summed E-state index contributed by atoms with van der Waals surface area (Å²) in [7, 11) is 0. The van der Waals surface area contributed by atoms with E-state index in [4.69, 9.17) is 10.8 Å². The van der Waals surface area contributed by atoms with Gasteiger partial charge >= 0.3 is 0 Å². The van der Waals surface area contributed by atoms with Crippen molar-refractivity contribution in [2.75, 3.05) is 0 Å². The summed E-state index contributed by atoms with van der Waals surface area (Å²) in [6.07, 6.45) is 4.19. The summed E-state index contributed by atoms with van der Waals surface area (Å²) in [5.74, 6) is 0.398. The molecule has 0 spiro atoms. The Kier molecular flexibility index (Phi) is 1.86. The van der Waals surface area contributed by atoms with Crippen LogP contribution in [0.2, 0.25) is 0 Å². The van der Waals surface area contributed by atoms with Crippen molar-refractivity contribution in [2.24, 2.45) is 11.7 Å². The zero-order chi connectivity index (χ0) is 5.98. The standard InChI is InChI=1S/C6H13NO/c7-6(8)5-3-1-2-4-5/h5-6,8H,1-4,7H2/t6-/m0/s1. The Bertz CT molecular complexity index is 66.9. The van der Waals surface area contributed by atoms with Crippen LogP contribution in [0.3, 0.4) is 0 Å². The maximum absolute atomic E-state index is 8.83. The van der Waals surface area contributed by atoms with Crippen LogP contribution in [-0.4, -0.2) is 11.3 Å². The third-order valence-corrected chi connectivity index (χ3v) is 1.88. The van der Waals surface area contributed by atoms with Crippen molar-refractivity contribution in [3.05, 3.63) is 0 Å². The van der Waals surface area contributed by atoms with Gasteiger partial charge in [0.2, 0.25) is 0 Å². The van der Waals surface area contributed by atoms with Gasteiger partial charge < -0.3 is 10.8 Å². The summed E-state index contributed by atoms with van der Waals surface area (Å²) < 4.78 is 0. The minimum Gasteiger partial charge on any atom is -0.379 e. The van der Waals surface area contributed by atoms with Crippen molar-refractivity contribution in [1.29, 1.82) is 0 Å². The molecule has 1 aliphatic carbocycles. The average Bonchev–Trinajstić information content (AvgIpc) is 2.12. The molecule has 0 bridgehead atoms. The number of aliphatic hydroxyl groups is 1. The largest absolute Gasteiger partial charge is 0.379 e. The lowest BCUT2D eigenvalue weighted by atomic mass is 10.1. The topological polar surface area (TPSA) is 46.2 Å². The van der Waals surface area contributed by atoms with Crippen LogP contribution in [0.1, 0.15) is 25.7 Å². The Morgan fingerprint density at radius 3 is 2.12 bits per heavy atom. The molecule has 2 nitrogen and oxygen atoms in total. The van der Waals surface area contributed by atoms with Gasteiger partial charge in [-0.15, -0.1) is 0 Å². The molecule has 0 radical (unpaired) electrons. The Balaban J connectivity index is 2.24. The van der Waals surface area contributed by atoms with Crippen LogP contribution in [0, 0.1) is 5.92 Å². The number of aliphatic hydroxyl groups excluding tert-OH is 1. The van der Waals surface area contributed by atoms with Crippen molar-refractivity contribution in [3.8, 4) is 0 Å². The molecule has 1 saturated carbocycles. The lowest BCUT2D eigenvalue weighted by Gasteiger charge is -2.10. The zero-order valence-electron chi connectivity index (χ0n) is 5.01. The van der Waals surface area contributed by atoms with Gasteiger partial charge in [-0.1, -0.05) is 12.8 Å². The van der Waals surface area contributed by atoms with E-state index in [0.717, 1.165) is 12.8 Å². The van der Waals surface area contributed by atoms with Crippen molar-refractivity contribution in [1.82, 2.24) is 0 Å². The molecule has 0 amide bonds. The first-order valence-electron chi connectivity index (χ1n) is 3.24. The maximum atomic E-state index is 8.83. The molecular formula is C6H13NO. The van der Waals surface area contributed by atoms with Crippen LogP contribution in [0.25, 0.3) is 0 Å². The van der Waals surface area contributed by atoms with E-state index in [1.165, 1.54) is 12.8 Å². The monoisotopic (exact) mass is 115 g/mol. The highest BCUT2D eigenvalue weighted by Gasteiger charge is 2.19. The van der Waals surface area contributed by atoms with Crippen LogP contribution >= 0.6 is 0 Å². The van der Waals surface area contributed by atoms with Crippen molar-refractivity contribution >= 4 is 0 Å². The van der Waals surface area contributed by atoms with E-state index < -0.39 is 6.23 Å². The first-order valence-corrected chi connectivity index (χ1v) is 3.24. The molecule has 1 atom stereocenters. The molecule has 3 N–H and O–H groups in total. The van der Waals surface area contributed by atoms with Gasteiger partial charge in [0.1, 0.15) is 6.23 Å². The Labute approximate surface area is 49.7 Å². The summed E-state index contributed by atoms with van der Waals surface area (Å²) in [5.41, 5.74) is 5.25. The molecule has 0 unspecified atom stereocenters. The van der Waals surface area contributed by atoms with Crippen LogP contribution < -0.4 is 5.73 Å². The van der Waals surface area contributed by atoms with E-state index in [9.17, 15) is 0 Å². The second-order valence-corrected chi connectivity index (χ2v) is 2.54. The molecule has 48 valence electrons. The molecule has 0 heterocycles. The molecular weight excluding hydrogens is 102 g/mol. The molecule has 0 aromatic carbocycles. The quantitative estimate of drug-likeness (QED) is 0.487. The van der Waals surface area contributed by atoms with Crippen molar-refractivity contribution in [3.63, 3.8) is 0 Å². The zero-order valence-corrected chi connectivity index (χ0v) is 5.01. The van der Waals surface area contributed by atoms with Crippen LogP contribution in [0.4, 0.5) is 0 Å². The van der Waals surface area contributed by atoms with Gasteiger partial charge in [-0.3, -0.25) is 0 Å². The predicted octanol–water partition coefficient (Wildman–Crippen LogP) is 0.454. The van der Waals surface area contributed by atoms with E-state index in [-0.39, 0.29) is 0 Å². The van der Waals surface area contributed by atoms with Gasteiger partial charge in [-0.2, -0.15) is 0 Å². The number of rotatable bonds is 1. The molecule has 1 aliphatic rings. The number of hydrogen-bond donors (Lipinski definition) is 2. The highest BCUT2D eigenvalue weighted by Crippen LogP contribution is 2.25. The molecule has 0 aromatic rings. The second-order valence-electron chi connectivity index (χ2n) is 2.54. The van der Waals surface area contributed by atoms with Gasteiger partial charge in [-0.05, 0) is 18.8 Å². The summed E-state index contributed by atoms with van der Waals surface area (Å²) in [5, 5.41) is 8.83. The Morgan fingerprint density at radius 2 is 1.88 bits per heavy atom. The summed E-state index contributed by atoms with van der Waals surface area (Å²) in [4.78, 5) is 0. The number of nitrogens with two attached hydrogens (primary N) is 1. The van der Waals surface area contributed by atoms with Gasteiger partial charge in [0.25, 0.3) is 0 Å². The lowest BCUT2D eigenvalue weighted by molar-refractivity contribution is 0.117. The smallest absolute Gasteiger partial charge is 0.105 e. The maximum Gasteiger partial charge on any atom is 0.105 e. The fraction of sp³-hybridized carbons (Fsp3) is 1.00. The number of hydrogen-bond acceptors (Lipinski definition) is 2. The highest BCUT2D eigenvalue weighted by atomic mass is 16.3. The van der Waals surface area contributed by atoms with Crippen LogP contribution in [0.5, 0.6) is 0 Å². The van der Waals surface area contributed by atoms with Crippen LogP contribution in [0.15, 0.2) is 0 Å². The van der Waals surface area contributed by atoms with Gasteiger partial charge in [0.15, 0.2) is 0 Å². The minimum atomic E-state index is -0.558. The van der Waals surface area contributed by atoms with E-state index in [1.807, 2.05) is 0 Å². The summed E-state index contributed by atoms with van der Waals surface area (Å²) in [6, 6.07) is 0. The molecule has 8 heavy (non-hydrogen) atoms. The average molecular weight is 115 g/mol. The van der Waals surface area contributed by atoms with Crippen molar-refractivity contribution in [2.45, 2.75) is 31.9 Å². The van der Waals surface area contributed by atoms with Crippen molar-refractivity contribution < 1.29 is 5.11 Å². The Hall–Kier alpha value is -0.0800. The van der Waals surface area contributed by atoms with Gasteiger partial charge in [0, 0.05) is 0 Å². The fourth-order valence-corrected chi connectivity index (χ4v) is 1.30. The summed E-state index contributed by atoms with van der Waals surface area (Å²) >= 11 is 0. The van der Waals surface area contributed by atoms with E-state index in [1.54, 1.807) is 0 Å². The summed E-state index contributed by atoms with van der Waals surface area (Å²) in [6.45, 7) is 0. The third-order valence-electron chi connectivity index (χ3n) is 1.88. The first kappa shape index (κ1) is 6.05. The normalized spacial score (nSPS) is 26.2. The SMILES string of the molecule is N[C@@H](O)C1CCCC1. The van der Waals surface area contributed by atoms with E-state index >= 15 is 0 Å². The second kappa shape index (κ2) is 2.46. The molecule has 0 aliphatic heterocycles. The van der Waals surface area contributed by atoms with E-state index in [2.05, 4.69) is 0 Å². The molecule has 1 fully saturated rings. The highest BCUT2D eigenvalue weighted by molar-refractivity contribution is 4.70. The first-order chi connectivity index (χ1) is 3.80. The molecule has 2 heteroatoms. The van der Waals surface area contributed by atoms with Crippen LogP contribution in [-0.2, 0) is 0 Å². The predicted molar refractivity (Wildman–Crippen MR) is 32.2 cm³/mol. The fourth-order valence-electron chi connectivity index (χ4n) is 1.30. The minimum absolute atomic E-state index is 0.398. The molecule has 0 aromatic heterocycles. The third kappa shape index (κ3) is 1.20.